The van der Waals surface area contributed by atoms with Crippen LogP contribution in [0.15, 0.2) is 82.6 Å². The Morgan fingerprint density at radius 2 is 1.69 bits per heavy atom. The summed E-state index contributed by atoms with van der Waals surface area (Å²) in [6.07, 6.45) is -3.97. The van der Waals surface area contributed by atoms with Crippen LogP contribution in [0.3, 0.4) is 0 Å². The number of carbonyl (C=O) groups excluding carboxylic acids is 3. The highest BCUT2D eigenvalue weighted by atomic mass is 32.2. The molecule has 3 aromatic carbocycles. The number of nitrogens with one attached hydrogen (secondary N) is 2. The number of aromatic nitrogens is 1. The summed E-state index contributed by atoms with van der Waals surface area (Å²) in [5, 5.41) is 2.93. The Hall–Kier alpha value is -4.43. The Kier molecular flexibility index (Phi) is 7.29. The molecule has 0 spiro atoms. The highest BCUT2D eigenvalue weighted by molar-refractivity contribution is 8.00. The van der Waals surface area contributed by atoms with Crippen LogP contribution in [0.25, 0.3) is 0 Å². The van der Waals surface area contributed by atoms with Gasteiger partial charge in [-0.3, -0.25) is 24.1 Å². The number of rotatable bonds is 6. The summed E-state index contributed by atoms with van der Waals surface area (Å²) < 4.78 is 59.6. The van der Waals surface area contributed by atoms with Gasteiger partial charge in [-0.15, -0.1) is 11.8 Å². The second kappa shape index (κ2) is 11.3. The lowest BCUT2D eigenvalue weighted by molar-refractivity contribution is -0.137. The normalized spacial score (nSPS) is 27.1. The summed E-state index contributed by atoms with van der Waals surface area (Å²) in [5.74, 6) is -3.24. The van der Waals surface area contributed by atoms with Gasteiger partial charge in [-0.05, 0) is 78.3 Å². The molecule has 14 heteroatoms. The van der Waals surface area contributed by atoms with Gasteiger partial charge in [0.15, 0.2) is 6.61 Å². The zero-order valence-corrected chi connectivity index (χ0v) is 26.3. The Bertz CT molecular complexity index is 2030. The van der Waals surface area contributed by atoms with Gasteiger partial charge in [-0.2, -0.15) is 13.2 Å². The van der Waals surface area contributed by atoms with E-state index in [0.717, 1.165) is 32.9 Å². The third-order valence-electron chi connectivity index (χ3n) is 9.90. The monoisotopic (exact) mass is 695 g/mol. The summed E-state index contributed by atoms with van der Waals surface area (Å²) in [5.41, 5.74) is -0.215. The van der Waals surface area contributed by atoms with Crippen LogP contribution < -0.4 is 19.8 Å². The molecule has 3 heterocycles. The second-order valence-electron chi connectivity index (χ2n) is 12.4. The van der Waals surface area contributed by atoms with Crippen LogP contribution in [0.4, 0.5) is 28.9 Å². The number of alkyl halides is 3. The molecule has 8 rings (SSSR count). The van der Waals surface area contributed by atoms with Crippen LogP contribution in [0.1, 0.15) is 28.3 Å². The van der Waals surface area contributed by atoms with Gasteiger partial charge in [0.05, 0.1) is 33.8 Å². The van der Waals surface area contributed by atoms with Gasteiger partial charge < -0.3 is 15.0 Å². The number of para-hydroxylation sites is 1. The van der Waals surface area contributed by atoms with Crippen molar-refractivity contribution < 1.29 is 36.7 Å². The fraction of sp³-hybridized carbons (Fsp3) is 0.294. The number of aromatic amines is 1. The van der Waals surface area contributed by atoms with E-state index in [-0.39, 0.29) is 51.3 Å². The van der Waals surface area contributed by atoms with Crippen LogP contribution in [-0.2, 0) is 20.6 Å². The minimum absolute atomic E-state index is 0.0621. The van der Waals surface area contributed by atoms with Crippen molar-refractivity contribution in [2.75, 3.05) is 16.8 Å². The Balaban J connectivity index is 1.07. The standard InChI is InChI=1S/C34H25F4N3O5S2/c35-16-8-10-17(11-9-16)41-31(43)26-19-13-20(27(26)32(41)44)28-25(19)24(29-30(47-28)40-33(45)48-29)15-4-3-5-18(12-15)46-14-23(42)39-22-7-2-1-6-21(22)34(36,37)38/h1-12,19-20,24-28H,13-14H2,(H,39,42)(H,40,45)/t19-,20-,24-,25?,26?,27?,28?/m1/s1. The summed E-state index contributed by atoms with van der Waals surface area (Å²) >= 11 is 2.64. The predicted molar refractivity (Wildman–Crippen MR) is 169 cm³/mol. The largest absolute Gasteiger partial charge is 0.484 e. The number of amides is 3. The van der Waals surface area contributed by atoms with Crippen molar-refractivity contribution in [3.63, 3.8) is 0 Å². The Morgan fingerprint density at radius 3 is 2.44 bits per heavy atom. The molecule has 246 valence electrons. The van der Waals surface area contributed by atoms with Crippen molar-refractivity contribution in [3.05, 3.63) is 104 Å². The van der Waals surface area contributed by atoms with Crippen molar-refractivity contribution in [1.82, 2.24) is 4.98 Å². The van der Waals surface area contributed by atoms with Gasteiger partial charge in [0, 0.05) is 16.0 Å². The number of hydrogen-bond donors (Lipinski definition) is 2. The first-order valence-electron chi connectivity index (χ1n) is 15.2. The molecule has 1 aromatic heterocycles. The van der Waals surface area contributed by atoms with Crippen LogP contribution in [-0.4, -0.2) is 34.6 Å². The minimum atomic E-state index is -4.65. The smallest absolute Gasteiger partial charge is 0.418 e. The molecule has 2 aliphatic heterocycles. The van der Waals surface area contributed by atoms with Gasteiger partial charge in [0.2, 0.25) is 11.8 Å². The van der Waals surface area contributed by atoms with Crippen LogP contribution in [0.2, 0.25) is 0 Å². The molecule has 3 amide bonds. The third kappa shape index (κ3) is 4.95. The lowest BCUT2D eigenvalue weighted by atomic mass is 9.68. The van der Waals surface area contributed by atoms with E-state index >= 15 is 0 Å². The lowest BCUT2D eigenvalue weighted by Crippen LogP contribution is -2.42. The van der Waals surface area contributed by atoms with Crippen LogP contribution in [0, 0.1) is 35.4 Å². The van der Waals surface area contributed by atoms with Gasteiger partial charge in [-0.1, -0.05) is 35.6 Å². The number of thioether (sulfide) groups is 1. The maximum absolute atomic E-state index is 13.9. The number of hydrogen-bond acceptors (Lipinski definition) is 7. The molecule has 4 unspecified atom stereocenters. The third-order valence-corrected chi connectivity index (χ3v) is 12.5. The van der Waals surface area contributed by atoms with E-state index in [4.69, 9.17) is 4.74 Å². The molecule has 2 aliphatic carbocycles. The number of benzene rings is 3. The highest BCUT2D eigenvalue weighted by Crippen LogP contribution is 2.68. The topological polar surface area (TPSA) is 109 Å². The number of imide groups is 1. The van der Waals surface area contributed by atoms with E-state index in [1.807, 2.05) is 6.07 Å². The molecule has 4 aromatic rings. The van der Waals surface area contributed by atoms with E-state index in [0.29, 0.717) is 17.9 Å². The predicted octanol–water partition coefficient (Wildman–Crippen LogP) is 6.29. The van der Waals surface area contributed by atoms with Crippen LogP contribution in [0.5, 0.6) is 5.75 Å². The van der Waals surface area contributed by atoms with Gasteiger partial charge in [0.1, 0.15) is 11.6 Å². The highest BCUT2D eigenvalue weighted by Gasteiger charge is 2.69. The number of thiazole rings is 1. The summed E-state index contributed by atoms with van der Waals surface area (Å²) in [6, 6.07) is 17.0. The molecule has 0 radical (unpaired) electrons. The quantitative estimate of drug-likeness (QED) is 0.181. The SMILES string of the molecule is O=C(COc1cccc([C@H]2c3sc(=O)[nH]c3SC3C2[C@H]2C[C@@H]3C3C(=O)N(c4ccc(F)cc4)C(=O)C32)c1)Nc1ccccc1C(F)(F)F. The number of anilines is 2. The number of carbonyl (C=O) groups is 3. The second-order valence-corrected chi connectivity index (χ2v) is 14.6. The molecule has 1 saturated heterocycles. The molecular formula is C34H25F4N3O5S2. The molecule has 2 saturated carbocycles. The molecule has 4 aliphatic rings. The Morgan fingerprint density at radius 1 is 0.958 bits per heavy atom. The van der Waals surface area contributed by atoms with E-state index in [2.05, 4.69) is 10.3 Å². The minimum Gasteiger partial charge on any atom is -0.484 e. The number of H-pyrrole nitrogens is 1. The zero-order valence-electron chi connectivity index (χ0n) is 24.7. The summed E-state index contributed by atoms with van der Waals surface area (Å²) in [6.45, 7) is -0.546. The van der Waals surface area contributed by atoms with Crippen LogP contribution >= 0.6 is 23.1 Å². The molecular weight excluding hydrogens is 671 g/mol. The van der Waals surface area contributed by atoms with Crippen molar-refractivity contribution >= 4 is 52.2 Å². The maximum Gasteiger partial charge on any atom is 0.418 e. The molecule has 48 heavy (non-hydrogen) atoms. The molecule has 3 fully saturated rings. The van der Waals surface area contributed by atoms with E-state index in [1.165, 1.54) is 47.4 Å². The molecule has 2 bridgehead atoms. The van der Waals surface area contributed by atoms with E-state index in [1.54, 1.807) is 30.0 Å². The van der Waals surface area contributed by atoms with E-state index < -0.39 is 41.9 Å². The molecule has 2 N–H and O–H groups in total. The molecule has 7 atom stereocenters. The van der Waals surface area contributed by atoms with Crippen molar-refractivity contribution in [2.24, 2.45) is 29.6 Å². The number of nitrogens with zero attached hydrogens (tertiary/aromatic N) is 1. The average Bonchev–Trinajstić information content (AvgIpc) is 3.79. The van der Waals surface area contributed by atoms with Gasteiger partial charge in [0.25, 0.3) is 5.91 Å². The first-order chi connectivity index (χ1) is 23.0. The van der Waals surface area contributed by atoms with E-state index in [9.17, 15) is 36.7 Å². The van der Waals surface area contributed by atoms with Crippen molar-refractivity contribution in [2.45, 2.75) is 28.8 Å². The first kappa shape index (κ1) is 30.9. The fourth-order valence-electron chi connectivity index (χ4n) is 8.21. The summed E-state index contributed by atoms with van der Waals surface area (Å²) in [7, 11) is 0. The average molecular weight is 696 g/mol. The number of halogens is 4. The number of fused-ring (bicyclic) bond motifs is 9. The van der Waals surface area contributed by atoms with Gasteiger partial charge >= 0.3 is 11.0 Å². The number of ether oxygens (including phenoxy) is 1. The Labute approximate surface area is 278 Å². The summed E-state index contributed by atoms with van der Waals surface area (Å²) in [4.78, 5) is 57.6. The van der Waals surface area contributed by atoms with Crippen molar-refractivity contribution in [3.8, 4) is 5.75 Å². The zero-order chi connectivity index (χ0) is 33.5. The lowest BCUT2D eigenvalue weighted by Gasteiger charge is -2.43. The van der Waals surface area contributed by atoms with Gasteiger partial charge in [-0.25, -0.2) is 4.39 Å². The maximum atomic E-state index is 13.9. The van der Waals surface area contributed by atoms with Crippen molar-refractivity contribution in [1.29, 1.82) is 0 Å². The molecule has 8 nitrogen and oxygen atoms in total. The first-order valence-corrected chi connectivity index (χ1v) is 16.9. The fourth-order valence-corrected chi connectivity index (χ4v) is 11.1.